The zero-order valence-corrected chi connectivity index (χ0v) is 11.9. The van der Waals surface area contributed by atoms with Gasteiger partial charge in [0.15, 0.2) is 0 Å². The van der Waals surface area contributed by atoms with E-state index >= 15 is 0 Å². The average molecular weight is 247 g/mol. The van der Waals surface area contributed by atoms with Crippen LogP contribution in [-0.2, 0) is 6.54 Å². The van der Waals surface area contributed by atoms with Crippen LogP contribution in [0.3, 0.4) is 0 Å². The molecule has 1 aliphatic heterocycles. The van der Waals surface area contributed by atoms with Crippen molar-refractivity contribution >= 4 is 5.69 Å². The Morgan fingerprint density at radius 2 is 1.89 bits per heavy atom. The van der Waals surface area contributed by atoms with Crippen molar-refractivity contribution in [3.05, 3.63) is 29.3 Å². The quantitative estimate of drug-likeness (QED) is 0.876. The van der Waals surface area contributed by atoms with Crippen LogP contribution in [-0.4, -0.2) is 44.7 Å². The summed E-state index contributed by atoms with van der Waals surface area (Å²) in [5.74, 6) is 0. The molecule has 3 nitrogen and oxygen atoms in total. The number of piperazine rings is 1. The second-order valence-corrected chi connectivity index (χ2v) is 5.06. The molecule has 0 aromatic heterocycles. The minimum Gasteiger partial charge on any atom is -0.369 e. The smallest absolute Gasteiger partial charge is 0.0369 e. The fourth-order valence-electron chi connectivity index (χ4n) is 2.59. The monoisotopic (exact) mass is 247 g/mol. The summed E-state index contributed by atoms with van der Waals surface area (Å²) in [5.41, 5.74) is 4.16. The standard InChI is InChI=1S/C15H25N3/c1-4-17-7-9-18(10-8-17)15-6-5-14(12-16-3)13(2)11-15/h5-6,11,16H,4,7-10,12H2,1-3H3. The molecule has 0 spiro atoms. The van der Waals surface area contributed by atoms with Gasteiger partial charge in [0.05, 0.1) is 0 Å². The van der Waals surface area contributed by atoms with Crippen LogP contribution in [0.1, 0.15) is 18.1 Å². The zero-order chi connectivity index (χ0) is 13.0. The van der Waals surface area contributed by atoms with Crippen LogP contribution in [0.5, 0.6) is 0 Å². The van der Waals surface area contributed by atoms with Gasteiger partial charge < -0.3 is 15.1 Å². The van der Waals surface area contributed by atoms with Gasteiger partial charge in [0.2, 0.25) is 0 Å². The minimum absolute atomic E-state index is 0.954. The molecule has 0 aliphatic carbocycles. The Hall–Kier alpha value is -1.06. The summed E-state index contributed by atoms with van der Waals surface area (Å²) < 4.78 is 0. The second kappa shape index (κ2) is 6.21. The van der Waals surface area contributed by atoms with Crippen molar-refractivity contribution in [1.82, 2.24) is 10.2 Å². The van der Waals surface area contributed by atoms with Crippen molar-refractivity contribution in [3.63, 3.8) is 0 Å². The van der Waals surface area contributed by atoms with Crippen LogP contribution < -0.4 is 10.2 Å². The molecule has 1 aromatic rings. The summed E-state index contributed by atoms with van der Waals surface area (Å²) in [4.78, 5) is 5.01. The number of nitrogens with zero attached hydrogens (tertiary/aromatic N) is 2. The number of nitrogens with one attached hydrogen (secondary N) is 1. The Kier molecular flexibility index (Phi) is 4.61. The predicted octanol–water partition coefficient (Wildman–Crippen LogP) is 1.86. The molecule has 1 heterocycles. The lowest BCUT2D eigenvalue weighted by molar-refractivity contribution is 0.271. The van der Waals surface area contributed by atoms with Gasteiger partial charge in [0.25, 0.3) is 0 Å². The van der Waals surface area contributed by atoms with Gasteiger partial charge in [-0.1, -0.05) is 13.0 Å². The van der Waals surface area contributed by atoms with Gasteiger partial charge >= 0.3 is 0 Å². The minimum atomic E-state index is 0.954. The fourth-order valence-corrected chi connectivity index (χ4v) is 2.59. The van der Waals surface area contributed by atoms with Crippen molar-refractivity contribution < 1.29 is 0 Å². The van der Waals surface area contributed by atoms with E-state index in [4.69, 9.17) is 0 Å². The number of benzene rings is 1. The molecule has 0 unspecified atom stereocenters. The Labute approximate surface area is 111 Å². The maximum Gasteiger partial charge on any atom is 0.0369 e. The molecule has 0 saturated carbocycles. The SMILES string of the molecule is CCN1CCN(c2ccc(CNC)c(C)c2)CC1. The van der Waals surface area contributed by atoms with E-state index in [1.54, 1.807) is 0 Å². The van der Waals surface area contributed by atoms with Crippen LogP contribution in [0.2, 0.25) is 0 Å². The number of likely N-dealkylation sites (N-methyl/N-ethyl adjacent to an activating group) is 1. The number of rotatable bonds is 4. The summed E-state index contributed by atoms with van der Waals surface area (Å²) in [7, 11) is 2.00. The molecule has 1 N–H and O–H groups in total. The molecule has 1 aliphatic rings. The molecule has 0 bridgehead atoms. The number of hydrogen-bond acceptors (Lipinski definition) is 3. The highest BCUT2D eigenvalue weighted by atomic mass is 15.3. The summed E-state index contributed by atoms with van der Waals surface area (Å²) in [6.45, 7) is 11.3. The van der Waals surface area contributed by atoms with Gasteiger partial charge in [-0.2, -0.15) is 0 Å². The summed E-state index contributed by atoms with van der Waals surface area (Å²) >= 11 is 0. The second-order valence-electron chi connectivity index (χ2n) is 5.06. The first-order valence-electron chi connectivity index (χ1n) is 6.96. The van der Waals surface area contributed by atoms with Crippen LogP contribution >= 0.6 is 0 Å². The first-order valence-corrected chi connectivity index (χ1v) is 6.96. The van der Waals surface area contributed by atoms with Gasteiger partial charge in [0.1, 0.15) is 0 Å². The highest BCUT2D eigenvalue weighted by Crippen LogP contribution is 2.20. The third kappa shape index (κ3) is 3.03. The molecule has 0 radical (unpaired) electrons. The largest absolute Gasteiger partial charge is 0.369 e. The maximum atomic E-state index is 3.22. The lowest BCUT2D eigenvalue weighted by Gasteiger charge is -2.35. The number of anilines is 1. The molecule has 100 valence electrons. The average Bonchev–Trinajstić information content (AvgIpc) is 2.41. The number of aryl methyl sites for hydroxylation is 1. The Bertz CT molecular complexity index is 381. The molecule has 3 heteroatoms. The third-order valence-corrected chi connectivity index (χ3v) is 3.88. The topological polar surface area (TPSA) is 18.5 Å². The first kappa shape index (κ1) is 13.4. The normalized spacial score (nSPS) is 17.2. The van der Waals surface area contributed by atoms with E-state index < -0.39 is 0 Å². The lowest BCUT2D eigenvalue weighted by Crippen LogP contribution is -2.46. The van der Waals surface area contributed by atoms with Crippen LogP contribution in [0, 0.1) is 6.92 Å². The Morgan fingerprint density at radius 1 is 1.17 bits per heavy atom. The molecule has 0 atom stereocenters. The van der Waals surface area contributed by atoms with Crippen molar-refractivity contribution in [3.8, 4) is 0 Å². The van der Waals surface area contributed by atoms with E-state index in [2.05, 4.69) is 47.2 Å². The lowest BCUT2D eigenvalue weighted by atomic mass is 10.1. The van der Waals surface area contributed by atoms with Crippen molar-refractivity contribution in [2.24, 2.45) is 0 Å². The van der Waals surface area contributed by atoms with Crippen LogP contribution in [0.15, 0.2) is 18.2 Å². The molecular formula is C15H25N3. The van der Waals surface area contributed by atoms with E-state index in [1.807, 2.05) is 7.05 Å². The summed E-state index contributed by atoms with van der Waals surface area (Å²) in [6.07, 6.45) is 0. The summed E-state index contributed by atoms with van der Waals surface area (Å²) in [5, 5.41) is 3.22. The molecule has 0 amide bonds. The first-order chi connectivity index (χ1) is 8.74. The fraction of sp³-hybridized carbons (Fsp3) is 0.600. The van der Waals surface area contributed by atoms with Crippen molar-refractivity contribution in [2.45, 2.75) is 20.4 Å². The van der Waals surface area contributed by atoms with E-state index in [9.17, 15) is 0 Å². The van der Waals surface area contributed by atoms with Crippen molar-refractivity contribution in [2.75, 3.05) is 44.7 Å². The highest BCUT2D eigenvalue weighted by Gasteiger charge is 2.16. The van der Waals surface area contributed by atoms with Crippen molar-refractivity contribution in [1.29, 1.82) is 0 Å². The maximum absolute atomic E-state index is 3.22. The highest BCUT2D eigenvalue weighted by molar-refractivity contribution is 5.51. The van der Waals surface area contributed by atoms with Gasteiger partial charge in [-0.25, -0.2) is 0 Å². The molecule has 18 heavy (non-hydrogen) atoms. The predicted molar refractivity (Wildman–Crippen MR) is 78.3 cm³/mol. The van der Waals surface area contributed by atoms with Gasteiger partial charge in [-0.15, -0.1) is 0 Å². The third-order valence-electron chi connectivity index (χ3n) is 3.88. The van der Waals surface area contributed by atoms with E-state index in [1.165, 1.54) is 36.4 Å². The van der Waals surface area contributed by atoms with E-state index in [-0.39, 0.29) is 0 Å². The van der Waals surface area contributed by atoms with Crippen LogP contribution in [0.25, 0.3) is 0 Å². The van der Waals surface area contributed by atoms with Crippen LogP contribution in [0.4, 0.5) is 5.69 Å². The Balaban J connectivity index is 2.03. The van der Waals surface area contributed by atoms with Gasteiger partial charge in [-0.05, 0) is 43.8 Å². The van der Waals surface area contributed by atoms with Gasteiger partial charge in [0, 0.05) is 38.4 Å². The van der Waals surface area contributed by atoms with Gasteiger partial charge in [-0.3, -0.25) is 0 Å². The molecule has 1 saturated heterocycles. The molecular weight excluding hydrogens is 222 g/mol. The number of hydrogen-bond donors (Lipinski definition) is 1. The molecule has 1 fully saturated rings. The van der Waals surface area contributed by atoms with E-state index in [0.29, 0.717) is 0 Å². The summed E-state index contributed by atoms with van der Waals surface area (Å²) in [6, 6.07) is 6.85. The van der Waals surface area contributed by atoms with E-state index in [0.717, 1.165) is 19.6 Å². The Morgan fingerprint density at radius 3 is 2.44 bits per heavy atom. The molecule has 1 aromatic carbocycles. The zero-order valence-electron chi connectivity index (χ0n) is 11.9. The molecule has 2 rings (SSSR count).